The number of carbonyl (C=O) groups excluding carboxylic acids is 1. The quantitative estimate of drug-likeness (QED) is 0.873. The summed E-state index contributed by atoms with van der Waals surface area (Å²) in [7, 11) is 0. The van der Waals surface area contributed by atoms with E-state index in [1.165, 1.54) is 25.2 Å². The minimum absolute atomic E-state index is 0.113. The van der Waals surface area contributed by atoms with Crippen molar-refractivity contribution in [1.29, 1.82) is 0 Å². The van der Waals surface area contributed by atoms with Gasteiger partial charge in [0.05, 0.1) is 16.3 Å². The molecule has 0 unspecified atom stereocenters. The summed E-state index contributed by atoms with van der Waals surface area (Å²) in [5, 5.41) is 6.77. The second kappa shape index (κ2) is 7.18. The first-order chi connectivity index (χ1) is 11.5. The summed E-state index contributed by atoms with van der Waals surface area (Å²) < 4.78 is 0. The number of nitrogens with one attached hydrogen (secondary N) is 2. The molecule has 0 atom stereocenters. The predicted molar refractivity (Wildman–Crippen MR) is 96.0 cm³/mol. The maximum Gasteiger partial charge on any atom is 0.254 e. The van der Waals surface area contributed by atoms with E-state index in [9.17, 15) is 4.79 Å². The Kier molecular flexibility index (Phi) is 5.00. The van der Waals surface area contributed by atoms with Gasteiger partial charge in [-0.3, -0.25) is 4.79 Å². The van der Waals surface area contributed by atoms with Crippen LogP contribution < -0.4 is 10.6 Å². The lowest BCUT2D eigenvalue weighted by molar-refractivity contribution is 0.0937. The SMILES string of the molecule is Cc1cc(C)c(Nc2ncc(C(=O)NC3CCCC3)cn2)c(Cl)c1. The molecule has 0 aliphatic heterocycles. The van der Waals surface area contributed by atoms with Gasteiger partial charge in [0.25, 0.3) is 5.91 Å². The topological polar surface area (TPSA) is 66.9 Å². The lowest BCUT2D eigenvalue weighted by atomic mass is 10.1. The zero-order valence-corrected chi connectivity index (χ0v) is 14.7. The van der Waals surface area contributed by atoms with Crippen molar-refractivity contribution in [3.63, 3.8) is 0 Å². The predicted octanol–water partition coefficient (Wildman–Crippen LogP) is 4.16. The van der Waals surface area contributed by atoms with E-state index < -0.39 is 0 Å². The fourth-order valence-corrected chi connectivity index (χ4v) is 3.40. The molecule has 1 aromatic heterocycles. The van der Waals surface area contributed by atoms with Gasteiger partial charge < -0.3 is 10.6 Å². The van der Waals surface area contributed by atoms with Crippen molar-refractivity contribution >= 4 is 29.1 Å². The molecule has 24 heavy (non-hydrogen) atoms. The van der Waals surface area contributed by atoms with Gasteiger partial charge in [-0.05, 0) is 43.9 Å². The van der Waals surface area contributed by atoms with Crippen LogP contribution in [-0.4, -0.2) is 21.9 Å². The van der Waals surface area contributed by atoms with E-state index in [1.54, 1.807) is 0 Å². The number of nitrogens with zero attached hydrogens (tertiary/aromatic N) is 2. The Morgan fingerprint density at radius 2 is 1.83 bits per heavy atom. The Balaban J connectivity index is 1.69. The molecule has 1 aliphatic carbocycles. The summed E-state index contributed by atoms with van der Waals surface area (Å²) in [6, 6.07) is 4.21. The van der Waals surface area contributed by atoms with Crippen LogP contribution in [0.4, 0.5) is 11.6 Å². The fourth-order valence-electron chi connectivity index (χ4n) is 3.03. The number of aromatic nitrogens is 2. The van der Waals surface area contributed by atoms with Crippen LogP contribution in [0, 0.1) is 13.8 Å². The van der Waals surface area contributed by atoms with Crippen molar-refractivity contribution in [3.8, 4) is 0 Å². The van der Waals surface area contributed by atoms with Gasteiger partial charge in [0.15, 0.2) is 0 Å². The molecule has 5 nitrogen and oxygen atoms in total. The van der Waals surface area contributed by atoms with Gasteiger partial charge in [0.2, 0.25) is 5.95 Å². The number of anilines is 2. The zero-order chi connectivity index (χ0) is 17.1. The van der Waals surface area contributed by atoms with Crippen molar-refractivity contribution in [2.45, 2.75) is 45.6 Å². The van der Waals surface area contributed by atoms with E-state index in [2.05, 4.69) is 20.6 Å². The van der Waals surface area contributed by atoms with Crippen LogP contribution in [0.3, 0.4) is 0 Å². The average molecular weight is 345 g/mol. The van der Waals surface area contributed by atoms with Crippen molar-refractivity contribution in [3.05, 3.63) is 46.2 Å². The van der Waals surface area contributed by atoms with E-state index in [4.69, 9.17) is 11.6 Å². The molecule has 2 N–H and O–H groups in total. The summed E-state index contributed by atoms with van der Waals surface area (Å²) in [4.78, 5) is 20.6. The second-order valence-electron chi connectivity index (χ2n) is 6.31. The first kappa shape index (κ1) is 16.7. The highest BCUT2D eigenvalue weighted by atomic mass is 35.5. The Morgan fingerprint density at radius 3 is 2.46 bits per heavy atom. The monoisotopic (exact) mass is 344 g/mol. The molecule has 0 radical (unpaired) electrons. The van der Waals surface area contributed by atoms with Gasteiger partial charge >= 0.3 is 0 Å². The highest BCUT2D eigenvalue weighted by Gasteiger charge is 2.18. The number of hydrogen-bond acceptors (Lipinski definition) is 4. The molecule has 1 aliphatic rings. The summed E-state index contributed by atoms with van der Waals surface area (Å²) >= 11 is 6.28. The van der Waals surface area contributed by atoms with Crippen LogP contribution in [0.5, 0.6) is 0 Å². The van der Waals surface area contributed by atoms with Gasteiger partial charge in [0.1, 0.15) is 0 Å². The standard InChI is InChI=1S/C18H21ClN4O/c1-11-7-12(2)16(15(19)8-11)23-18-20-9-13(10-21-18)17(24)22-14-5-3-4-6-14/h7-10,14H,3-6H2,1-2H3,(H,22,24)(H,20,21,23). The van der Waals surface area contributed by atoms with Crippen LogP contribution in [0.1, 0.15) is 47.2 Å². The molecule has 1 amide bonds. The van der Waals surface area contributed by atoms with Crippen LogP contribution in [0.15, 0.2) is 24.5 Å². The molecular formula is C18H21ClN4O. The number of rotatable bonds is 4. The summed E-state index contributed by atoms with van der Waals surface area (Å²) in [6.45, 7) is 3.97. The van der Waals surface area contributed by atoms with Crippen molar-refractivity contribution < 1.29 is 4.79 Å². The van der Waals surface area contributed by atoms with Crippen LogP contribution in [-0.2, 0) is 0 Å². The largest absolute Gasteiger partial charge is 0.349 e. The zero-order valence-electron chi connectivity index (χ0n) is 13.9. The smallest absolute Gasteiger partial charge is 0.254 e. The van der Waals surface area contributed by atoms with Crippen LogP contribution in [0.2, 0.25) is 5.02 Å². The van der Waals surface area contributed by atoms with Gasteiger partial charge in [-0.2, -0.15) is 0 Å². The Labute approximate surface area is 146 Å². The molecule has 0 saturated heterocycles. The Morgan fingerprint density at radius 1 is 1.17 bits per heavy atom. The minimum atomic E-state index is -0.113. The van der Waals surface area contributed by atoms with Gasteiger partial charge in [-0.25, -0.2) is 9.97 Å². The third-order valence-corrected chi connectivity index (χ3v) is 4.57. The molecule has 2 aromatic rings. The molecule has 6 heteroatoms. The minimum Gasteiger partial charge on any atom is -0.349 e. The van der Waals surface area contributed by atoms with E-state index in [0.29, 0.717) is 16.5 Å². The van der Waals surface area contributed by atoms with E-state index >= 15 is 0 Å². The normalized spacial score (nSPS) is 14.6. The molecule has 0 bridgehead atoms. The highest BCUT2D eigenvalue weighted by Crippen LogP contribution is 2.29. The number of aryl methyl sites for hydroxylation is 2. The van der Waals surface area contributed by atoms with E-state index in [1.807, 2.05) is 26.0 Å². The molecular weight excluding hydrogens is 324 g/mol. The van der Waals surface area contributed by atoms with Gasteiger partial charge in [-0.15, -0.1) is 0 Å². The van der Waals surface area contributed by atoms with E-state index in [-0.39, 0.29) is 11.9 Å². The summed E-state index contributed by atoms with van der Waals surface area (Å²) in [6.07, 6.45) is 7.55. The molecule has 1 heterocycles. The number of hydrogen-bond donors (Lipinski definition) is 2. The number of amides is 1. The molecule has 1 aromatic carbocycles. The molecule has 126 valence electrons. The van der Waals surface area contributed by atoms with Crippen molar-refractivity contribution in [2.24, 2.45) is 0 Å². The second-order valence-corrected chi connectivity index (χ2v) is 6.72. The Hall–Kier alpha value is -2.14. The lowest BCUT2D eigenvalue weighted by Crippen LogP contribution is -2.32. The van der Waals surface area contributed by atoms with Gasteiger partial charge in [-0.1, -0.05) is 30.5 Å². The number of benzene rings is 1. The molecule has 1 fully saturated rings. The summed E-state index contributed by atoms with van der Waals surface area (Å²) in [5.41, 5.74) is 3.37. The molecule has 0 spiro atoms. The van der Waals surface area contributed by atoms with Crippen molar-refractivity contribution in [2.75, 3.05) is 5.32 Å². The lowest BCUT2D eigenvalue weighted by Gasteiger charge is -2.13. The summed E-state index contributed by atoms with van der Waals surface area (Å²) in [5.74, 6) is 0.305. The molecule has 1 saturated carbocycles. The Bertz CT molecular complexity index is 716. The van der Waals surface area contributed by atoms with Gasteiger partial charge in [0, 0.05) is 18.4 Å². The van der Waals surface area contributed by atoms with Crippen molar-refractivity contribution in [1.82, 2.24) is 15.3 Å². The number of carbonyl (C=O) groups is 1. The number of halogens is 1. The average Bonchev–Trinajstić information content (AvgIpc) is 3.04. The third kappa shape index (κ3) is 3.85. The maximum absolute atomic E-state index is 12.2. The highest BCUT2D eigenvalue weighted by molar-refractivity contribution is 6.33. The fraction of sp³-hybridized carbons (Fsp3) is 0.389. The third-order valence-electron chi connectivity index (χ3n) is 4.27. The van der Waals surface area contributed by atoms with Crippen LogP contribution in [0.25, 0.3) is 0 Å². The first-order valence-electron chi connectivity index (χ1n) is 8.19. The molecule has 3 rings (SSSR count). The maximum atomic E-state index is 12.2. The first-order valence-corrected chi connectivity index (χ1v) is 8.57. The van der Waals surface area contributed by atoms with Crippen LogP contribution >= 0.6 is 11.6 Å². The van der Waals surface area contributed by atoms with E-state index in [0.717, 1.165) is 29.7 Å².